The Morgan fingerprint density at radius 2 is 1.63 bits per heavy atom. The van der Waals surface area contributed by atoms with Crippen molar-refractivity contribution in [2.75, 3.05) is 44.2 Å². The highest BCUT2D eigenvalue weighted by Crippen LogP contribution is 2.26. The zero-order chi connectivity index (χ0) is 18.6. The van der Waals surface area contributed by atoms with Crippen molar-refractivity contribution in [1.29, 1.82) is 0 Å². The average molecular weight is 384 g/mol. The first-order chi connectivity index (χ1) is 13.2. The molecule has 1 amide bonds. The van der Waals surface area contributed by atoms with Gasteiger partial charge in [0.1, 0.15) is 0 Å². The summed E-state index contributed by atoms with van der Waals surface area (Å²) in [6.07, 6.45) is 2.43. The normalized spacial score (nSPS) is 18.1. The quantitative estimate of drug-likeness (QED) is 0.801. The van der Waals surface area contributed by atoms with Gasteiger partial charge in [-0.05, 0) is 42.7 Å². The molecule has 0 radical (unpaired) electrons. The van der Waals surface area contributed by atoms with Crippen LogP contribution in [0.15, 0.2) is 48.5 Å². The molecule has 27 heavy (non-hydrogen) atoms. The number of hydrogen-bond acceptors (Lipinski definition) is 3. The van der Waals surface area contributed by atoms with Crippen LogP contribution < -0.4 is 4.90 Å². The van der Waals surface area contributed by atoms with Crippen molar-refractivity contribution >= 4 is 23.2 Å². The molecule has 4 rings (SSSR count). The first-order valence-electron chi connectivity index (χ1n) is 9.81. The SMILES string of the molecule is O=C(c1ccccc1N1CCCC1)N1CCN(Cc2cccc(Cl)c2)CC1. The maximum absolute atomic E-state index is 13.2. The van der Waals surface area contributed by atoms with Crippen LogP contribution in [0.3, 0.4) is 0 Å². The second-order valence-electron chi connectivity index (χ2n) is 7.41. The fraction of sp³-hybridized carbons (Fsp3) is 0.409. The fourth-order valence-corrected chi connectivity index (χ4v) is 4.27. The van der Waals surface area contributed by atoms with Crippen molar-refractivity contribution < 1.29 is 4.79 Å². The Kier molecular flexibility index (Phi) is 5.65. The molecule has 2 saturated heterocycles. The lowest BCUT2D eigenvalue weighted by atomic mass is 10.1. The number of anilines is 1. The minimum absolute atomic E-state index is 0.167. The fourth-order valence-electron chi connectivity index (χ4n) is 4.06. The molecule has 0 aromatic heterocycles. The molecule has 4 nitrogen and oxygen atoms in total. The van der Waals surface area contributed by atoms with Crippen molar-refractivity contribution in [3.63, 3.8) is 0 Å². The summed E-state index contributed by atoms with van der Waals surface area (Å²) < 4.78 is 0. The van der Waals surface area contributed by atoms with E-state index in [2.05, 4.69) is 21.9 Å². The van der Waals surface area contributed by atoms with Gasteiger partial charge in [-0.15, -0.1) is 0 Å². The first-order valence-corrected chi connectivity index (χ1v) is 10.2. The Morgan fingerprint density at radius 3 is 2.37 bits per heavy atom. The van der Waals surface area contributed by atoms with Gasteiger partial charge >= 0.3 is 0 Å². The van der Waals surface area contributed by atoms with E-state index < -0.39 is 0 Å². The van der Waals surface area contributed by atoms with E-state index in [-0.39, 0.29) is 5.91 Å². The Hall–Kier alpha value is -2.04. The van der Waals surface area contributed by atoms with E-state index in [1.807, 2.05) is 41.3 Å². The van der Waals surface area contributed by atoms with E-state index in [0.29, 0.717) is 0 Å². The first kappa shape index (κ1) is 18.3. The van der Waals surface area contributed by atoms with Gasteiger partial charge in [-0.3, -0.25) is 9.69 Å². The monoisotopic (exact) mass is 383 g/mol. The molecule has 2 fully saturated rings. The topological polar surface area (TPSA) is 26.8 Å². The summed E-state index contributed by atoms with van der Waals surface area (Å²) in [7, 11) is 0. The van der Waals surface area contributed by atoms with Gasteiger partial charge < -0.3 is 9.80 Å². The minimum atomic E-state index is 0.167. The summed E-state index contributed by atoms with van der Waals surface area (Å²) >= 11 is 6.09. The predicted octanol–water partition coefficient (Wildman–Crippen LogP) is 3.90. The summed E-state index contributed by atoms with van der Waals surface area (Å²) in [6, 6.07) is 16.1. The summed E-state index contributed by atoms with van der Waals surface area (Å²) in [5.41, 5.74) is 3.17. The van der Waals surface area contributed by atoms with Crippen LogP contribution in [0.2, 0.25) is 5.02 Å². The van der Waals surface area contributed by atoms with Crippen LogP contribution in [0.5, 0.6) is 0 Å². The van der Waals surface area contributed by atoms with Gasteiger partial charge in [0.2, 0.25) is 0 Å². The molecule has 0 spiro atoms. The minimum Gasteiger partial charge on any atom is -0.371 e. The molecule has 2 aliphatic rings. The molecule has 2 aromatic carbocycles. The number of carbonyl (C=O) groups excluding carboxylic acids is 1. The molecule has 0 unspecified atom stereocenters. The van der Waals surface area contributed by atoms with Crippen molar-refractivity contribution in [1.82, 2.24) is 9.80 Å². The summed E-state index contributed by atoms with van der Waals surface area (Å²) in [5.74, 6) is 0.167. The molecule has 2 heterocycles. The molecule has 0 N–H and O–H groups in total. The Bertz CT molecular complexity index is 796. The third kappa shape index (κ3) is 4.28. The zero-order valence-electron chi connectivity index (χ0n) is 15.6. The second-order valence-corrected chi connectivity index (χ2v) is 7.85. The van der Waals surface area contributed by atoms with Crippen LogP contribution >= 0.6 is 11.6 Å². The number of benzene rings is 2. The maximum atomic E-state index is 13.2. The molecule has 0 aliphatic carbocycles. The molecular weight excluding hydrogens is 358 g/mol. The largest absolute Gasteiger partial charge is 0.371 e. The van der Waals surface area contributed by atoms with Gasteiger partial charge in [0.25, 0.3) is 5.91 Å². The third-order valence-corrected chi connectivity index (χ3v) is 5.77. The molecule has 142 valence electrons. The van der Waals surface area contributed by atoms with Crippen LogP contribution in [0, 0.1) is 0 Å². The molecule has 2 aliphatic heterocycles. The molecule has 2 aromatic rings. The van der Waals surface area contributed by atoms with E-state index in [4.69, 9.17) is 11.6 Å². The van der Waals surface area contributed by atoms with Gasteiger partial charge in [-0.25, -0.2) is 0 Å². The van der Waals surface area contributed by atoms with Crippen molar-refractivity contribution in [3.05, 3.63) is 64.7 Å². The van der Waals surface area contributed by atoms with Gasteiger partial charge in [0.15, 0.2) is 0 Å². The van der Waals surface area contributed by atoms with E-state index in [1.54, 1.807) is 0 Å². The summed E-state index contributed by atoms with van der Waals surface area (Å²) in [5, 5.41) is 0.778. The summed E-state index contributed by atoms with van der Waals surface area (Å²) in [4.78, 5) is 19.9. The Labute approximate surface area is 166 Å². The predicted molar refractivity (Wildman–Crippen MR) is 111 cm³/mol. The zero-order valence-corrected chi connectivity index (χ0v) is 16.4. The van der Waals surface area contributed by atoms with E-state index in [9.17, 15) is 4.79 Å². The number of piperazine rings is 1. The maximum Gasteiger partial charge on any atom is 0.256 e. The van der Waals surface area contributed by atoms with Crippen molar-refractivity contribution in [2.45, 2.75) is 19.4 Å². The standard InChI is InChI=1S/C22H26ClN3O/c23-19-7-5-6-18(16-19)17-24-12-14-26(15-13-24)22(27)20-8-1-2-9-21(20)25-10-3-4-11-25/h1-2,5-9,16H,3-4,10-15,17H2. The van der Waals surface area contributed by atoms with Crippen LogP contribution in [-0.2, 0) is 6.54 Å². The van der Waals surface area contributed by atoms with Crippen LogP contribution in [0.4, 0.5) is 5.69 Å². The van der Waals surface area contributed by atoms with E-state index in [0.717, 1.165) is 62.1 Å². The van der Waals surface area contributed by atoms with Crippen LogP contribution in [0.1, 0.15) is 28.8 Å². The van der Waals surface area contributed by atoms with Gasteiger partial charge in [0, 0.05) is 56.5 Å². The third-order valence-electron chi connectivity index (χ3n) is 5.54. The number of nitrogens with zero attached hydrogens (tertiary/aromatic N) is 3. The van der Waals surface area contributed by atoms with E-state index in [1.165, 1.54) is 18.4 Å². The lowest BCUT2D eigenvalue weighted by Crippen LogP contribution is -2.48. The number of amides is 1. The van der Waals surface area contributed by atoms with Crippen molar-refractivity contribution in [2.24, 2.45) is 0 Å². The number of para-hydroxylation sites is 1. The molecule has 5 heteroatoms. The highest BCUT2D eigenvalue weighted by atomic mass is 35.5. The lowest BCUT2D eigenvalue weighted by molar-refractivity contribution is 0.0629. The average Bonchev–Trinajstić information content (AvgIpc) is 3.23. The van der Waals surface area contributed by atoms with Gasteiger partial charge in [-0.1, -0.05) is 35.9 Å². The molecule has 0 atom stereocenters. The smallest absolute Gasteiger partial charge is 0.256 e. The summed E-state index contributed by atoms with van der Waals surface area (Å²) in [6.45, 7) is 6.32. The van der Waals surface area contributed by atoms with Gasteiger partial charge in [0.05, 0.1) is 5.56 Å². The highest BCUT2D eigenvalue weighted by molar-refractivity contribution is 6.30. The Balaban J connectivity index is 1.39. The second kappa shape index (κ2) is 8.32. The van der Waals surface area contributed by atoms with E-state index >= 15 is 0 Å². The van der Waals surface area contributed by atoms with Gasteiger partial charge in [-0.2, -0.15) is 0 Å². The number of rotatable bonds is 4. The molecular formula is C22H26ClN3O. The number of hydrogen-bond donors (Lipinski definition) is 0. The van der Waals surface area contributed by atoms with Crippen LogP contribution in [-0.4, -0.2) is 55.0 Å². The number of carbonyl (C=O) groups is 1. The molecule has 0 saturated carbocycles. The number of halogens is 1. The highest BCUT2D eigenvalue weighted by Gasteiger charge is 2.25. The Morgan fingerprint density at radius 1 is 0.889 bits per heavy atom. The van der Waals surface area contributed by atoms with Crippen molar-refractivity contribution in [3.8, 4) is 0 Å². The molecule has 0 bridgehead atoms. The lowest BCUT2D eigenvalue weighted by Gasteiger charge is -2.35. The van der Waals surface area contributed by atoms with Crippen LogP contribution in [0.25, 0.3) is 0 Å².